The van der Waals surface area contributed by atoms with Crippen LogP contribution in [-0.4, -0.2) is 5.71 Å². The van der Waals surface area contributed by atoms with Gasteiger partial charge in [-0.25, -0.2) is 0 Å². The zero-order valence-electron chi connectivity index (χ0n) is 10.3. The molecule has 0 aliphatic carbocycles. The van der Waals surface area contributed by atoms with Gasteiger partial charge in [0.2, 0.25) is 0 Å². The highest BCUT2D eigenvalue weighted by Gasteiger charge is 2.03. The van der Waals surface area contributed by atoms with Gasteiger partial charge in [0.25, 0.3) is 0 Å². The Kier molecular flexibility index (Phi) is 6.73. The Labute approximate surface area is 94.1 Å². The van der Waals surface area contributed by atoms with E-state index in [0.717, 1.165) is 18.4 Å². The normalized spacial score (nSPS) is 11.7. The number of nitrogens with one attached hydrogen (secondary N) is 1. The van der Waals surface area contributed by atoms with Crippen LogP contribution in [0.3, 0.4) is 0 Å². The number of hydrogen-bond donors (Lipinski definition) is 1. The highest BCUT2D eigenvalue weighted by molar-refractivity contribution is 5.96. The van der Waals surface area contributed by atoms with Gasteiger partial charge in [-0.2, -0.15) is 0 Å². The summed E-state index contributed by atoms with van der Waals surface area (Å²) in [6, 6.07) is 0. The third-order valence-corrected chi connectivity index (χ3v) is 2.87. The Hall–Kier alpha value is -1.07. The van der Waals surface area contributed by atoms with Crippen molar-refractivity contribution in [3.8, 4) is 0 Å². The van der Waals surface area contributed by atoms with Crippen molar-refractivity contribution in [2.24, 2.45) is 5.92 Å². The van der Waals surface area contributed by atoms with Crippen molar-refractivity contribution in [1.29, 1.82) is 5.41 Å². The predicted octanol–water partition coefficient (Wildman–Crippen LogP) is 4.51. The topological polar surface area (TPSA) is 23.9 Å². The first kappa shape index (κ1) is 13.9. The van der Waals surface area contributed by atoms with Gasteiger partial charge in [0.15, 0.2) is 0 Å². The average molecular weight is 205 g/mol. The van der Waals surface area contributed by atoms with Crippen LogP contribution in [0.15, 0.2) is 30.0 Å². The SMILES string of the molecule is C=C=C(C)C(=N)CCCC[C@H](C)C(=C)C. The summed E-state index contributed by atoms with van der Waals surface area (Å²) in [7, 11) is 0. The van der Waals surface area contributed by atoms with Gasteiger partial charge in [-0.3, -0.25) is 0 Å². The number of unbranched alkanes of at least 4 members (excludes halogenated alkanes) is 1. The van der Waals surface area contributed by atoms with E-state index in [-0.39, 0.29) is 0 Å². The molecule has 15 heavy (non-hydrogen) atoms. The summed E-state index contributed by atoms with van der Waals surface area (Å²) < 4.78 is 0. The maximum absolute atomic E-state index is 7.71. The van der Waals surface area contributed by atoms with Crippen molar-refractivity contribution in [2.75, 3.05) is 0 Å². The van der Waals surface area contributed by atoms with Crippen LogP contribution in [0.5, 0.6) is 0 Å². The van der Waals surface area contributed by atoms with Crippen molar-refractivity contribution in [2.45, 2.75) is 46.5 Å². The van der Waals surface area contributed by atoms with E-state index in [1.54, 1.807) is 0 Å². The quantitative estimate of drug-likeness (QED) is 0.274. The first-order valence-corrected chi connectivity index (χ1v) is 5.58. The fraction of sp³-hybridized carbons (Fsp3) is 0.571. The third kappa shape index (κ3) is 6.09. The molecule has 0 fully saturated rings. The lowest BCUT2D eigenvalue weighted by molar-refractivity contribution is 0.566. The molecule has 1 N–H and O–H groups in total. The van der Waals surface area contributed by atoms with Gasteiger partial charge in [-0.15, -0.1) is 5.73 Å². The summed E-state index contributed by atoms with van der Waals surface area (Å²) in [5.41, 5.74) is 5.57. The lowest BCUT2D eigenvalue weighted by Gasteiger charge is -2.10. The second kappa shape index (κ2) is 7.25. The predicted molar refractivity (Wildman–Crippen MR) is 68.5 cm³/mol. The van der Waals surface area contributed by atoms with E-state index >= 15 is 0 Å². The van der Waals surface area contributed by atoms with Gasteiger partial charge in [0, 0.05) is 11.3 Å². The van der Waals surface area contributed by atoms with Crippen LogP contribution in [0.25, 0.3) is 0 Å². The Morgan fingerprint density at radius 3 is 2.40 bits per heavy atom. The molecule has 0 aliphatic rings. The second-order valence-electron chi connectivity index (χ2n) is 4.27. The van der Waals surface area contributed by atoms with Crippen molar-refractivity contribution in [3.63, 3.8) is 0 Å². The van der Waals surface area contributed by atoms with Gasteiger partial charge in [0.1, 0.15) is 0 Å². The molecule has 0 radical (unpaired) electrons. The highest BCUT2D eigenvalue weighted by Crippen LogP contribution is 2.16. The largest absolute Gasteiger partial charge is 0.304 e. The molecule has 0 aromatic rings. The maximum atomic E-state index is 7.71. The lowest BCUT2D eigenvalue weighted by atomic mass is 9.96. The molecule has 1 heteroatoms. The van der Waals surface area contributed by atoms with Crippen molar-refractivity contribution in [3.05, 3.63) is 30.0 Å². The average Bonchev–Trinajstić information content (AvgIpc) is 2.22. The zero-order chi connectivity index (χ0) is 11.8. The summed E-state index contributed by atoms with van der Waals surface area (Å²) >= 11 is 0. The smallest absolute Gasteiger partial charge is 0.0419 e. The maximum Gasteiger partial charge on any atom is 0.0419 e. The molecule has 0 rings (SSSR count). The van der Waals surface area contributed by atoms with Crippen LogP contribution >= 0.6 is 0 Å². The molecule has 0 aromatic heterocycles. The minimum absolute atomic E-state index is 0.607. The fourth-order valence-electron chi connectivity index (χ4n) is 1.29. The lowest BCUT2D eigenvalue weighted by Crippen LogP contribution is -1.99. The standard InChI is InChI=1S/C14H23N/c1-6-12(4)14(15)10-8-7-9-13(5)11(2)3/h13,15H,1-2,7-10H2,3-5H3/t13-/m0/s1. The summed E-state index contributed by atoms with van der Waals surface area (Å²) in [6.45, 7) is 13.7. The first-order chi connectivity index (χ1) is 6.99. The van der Waals surface area contributed by atoms with E-state index in [2.05, 4.69) is 32.7 Å². The van der Waals surface area contributed by atoms with E-state index in [0.29, 0.717) is 11.6 Å². The second-order valence-corrected chi connectivity index (χ2v) is 4.27. The van der Waals surface area contributed by atoms with Crippen molar-refractivity contribution in [1.82, 2.24) is 0 Å². The Morgan fingerprint density at radius 1 is 1.33 bits per heavy atom. The number of hydrogen-bond acceptors (Lipinski definition) is 1. The summed E-state index contributed by atoms with van der Waals surface area (Å²) in [5.74, 6) is 0.607. The van der Waals surface area contributed by atoms with E-state index in [9.17, 15) is 0 Å². The van der Waals surface area contributed by atoms with Gasteiger partial charge in [0.05, 0.1) is 0 Å². The van der Waals surface area contributed by atoms with Gasteiger partial charge in [-0.1, -0.05) is 32.1 Å². The highest BCUT2D eigenvalue weighted by atomic mass is 14.4. The molecule has 1 atom stereocenters. The summed E-state index contributed by atoms with van der Waals surface area (Å²) in [4.78, 5) is 0. The summed E-state index contributed by atoms with van der Waals surface area (Å²) in [6.07, 6.45) is 4.27. The number of rotatable bonds is 7. The fourth-order valence-corrected chi connectivity index (χ4v) is 1.29. The zero-order valence-corrected chi connectivity index (χ0v) is 10.3. The molecular weight excluding hydrogens is 182 g/mol. The molecule has 0 unspecified atom stereocenters. The monoisotopic (exact) mass is 205 g/mol. The Bertz CT molecular complexity index is 280. The molecule has 0 saturated carbocycles. The molecule has 0 spiro atoms. The molecule has 0 saturated heterocycles. The molecule has 0 heterocycles. The van der Waals surface area contributed by atoms with Crippen molar-refractivity contribution >= 4 is 5.71 Å². The molecule has 84 valence electrons. The first-order valence-electron chi connectivity index (χ1n) is 5.58. The molecule has 0 bridgehead atoms. The van der Waals surface area contributed by atoms with E-state index < -0.39 is 0 Å². The van der Waals surface area contributed by atoms with Gasteiger partial charge < -0.3 is 5.41 Å². The van der Waals surface area contributed by atoms with E-state index in [1.807, 2.05) is 6.92 Å². The van der Waals surface area contributed by atoms with Crippen LogP contribution in [0.4, 0.5) is 0 Å². The Balaban J connectivity index is 3.68. The van der Waals surface area contributed by atoms with Crippen molar-refractivity contribution < 1.29 is 0 Å². The minimum atomic E-state index is 0.607. The van der Waals surface area contributed by atoms with Crippen LogP contribution in [0, 0.1) is 11.3 Å². The van der Waals surface area contributed by atoms with E-state index in [4.69, 9.17) is 5.41 Å². The van der Waals surface area contributed by atoms with Gasteiger partial charge in [-0.05, 0) is 39.0 Å². The molecule has 0 aromatic carbocycles. The van der Waals surface area contributed by atoms with E-state index in [1.165, 1.54) is 18.4 Å². The van der Waals surface area contributed by atoms with Crippen LogP contribution in [0.2, 0.25) is 0 Å². The van der Waals surface area contributed by atoms with Crippen LogP contribution < -0.4 is 0 Å². The summed E-state index contributed by atoms with van der Waals surface area (Å²) in [5, 5.41) is 7.71. The Morgan fingerprint density at radius 2 is 1.93 bits per heavy atom. The van der Waals surface area contributed by atoms with Crippen LogP contribution in [-0.2, 0) is 0 Å². The van der Waals surface area contributed by atoms with Gasteiger partial charge >= 0.3 is 0 Å². The molecule has 0 amide bonds. The molecule has 0 aliphatic heterocycles. The minimum Gasteiger partial charge on any atom is -0.304 e. The molecule has 1 nitrogen and oxygen atoms in total. The number of allylic oxidation sites excluding steroid dienone is 2. The van der Waals surface area contributed by atoms with Crippen LogP contribution in [0.1, 0.15) is 46.5 Å². The molecular formula is C14H23N. The third-order valence-electron chi connectivity index (χ3n) is 2.87.